The molecule has 0 aromatic heterocycles. The number of nitrogens with one attached hydrogen (secondary N) is 3. The molecule has 9 nitrogen and oxygen atoms in total. The van der Waals surface area contributed by atoms with Crippen molar-refractivity contribution in [2.24, 2.45) is 17.6 Å². The highest BCUT2D eigenvalue weighted by molar-refractivity contribution is 7.98. The van der Waals surface area contributed by atoms with Crippen LogP contribution in [-0.4, -0.2) is 77.0 Å². The van der Waals surface area contributed by atoms with Gasteiger partial charge in [-0.15, -0.1) is 0 Å². The molecule has 0 saturated heterocycles. The van der Waals surface area contributed by atoms with Gasteiger partial charge in [-0.25, -0.2) is 4.79 Å². The van der Waals surface area contributed by atoms with Crippen LogP contribution in [0.3, 0.4) is 0 Å². The lowest BCUT2D eigenvalue weighted by atomic mass is 10.0. The number of hydrogen-bond donors (Lipinski definition) is 5. The van der Waals surface area contributed by atoms with E-state index in [1.165, 1.54) is 23.5 Å². The van der Waals surface area contributed by atoms with E-state index in [0.717, 1.165) is 0 Å². The van der Waals surface area contributed by atoms with Crippen LogP contribution in [0.2, 0.25) is 0 Å². The quantitative estimate of drug-likeness (QED) is 0.199. The number of nitrogens with two attached hydrogens (primary N) is 1. The lowest BCUT2D eigenvalue weighted by Crippen LogP contribution is -2.57. The maximum absolute atomic E-state index is 13.0. The van der Waals surface area contributed by atoms with Gasteiger partial charge in [-0.3, -0.25) is 14.4 Å². The van der Waals surface area contributed by atoms with Gasteiger partial charge in [-0.05, 0) is 61.5 Å². The van der Waals surface area contributed by atoms with E-state index >= 15 is 0 Å². The molecule has 6 N–H and O–H groups in total. The zero-order chi connectivity index (χ0) is 25.6. The number of aliphatic carboxylic acids is 1. The Morgan fingerprint density at radius 3 is 1.61 bits per heavy atom. The van der Waals surface area contributed by atoms with Gasteiger partial charge in [-0.1, -0.05) is 27.7 Å². The maximum Gasteiger partial charge on any atom is 0.326 e. The van der Waals surface area contributed by atoms with Crippen molar-refractivity contribution in [3.8, 4) is 0 Å². The Labute approximate surface area is 206 Å². The van der Waals surface area contributed by atoms with Crippen LogP contribution in [0.1, 0.15) is 53.4 Å². The van der Waals surface area contributed by atoms with Crippen LogP contribution in [0.4, 0.5) is 0 Å². The van der Waals surface area contributed by atoms with Gasteiger partial charge in [0.15, 0.2) is 0 Å². The minimum absolute atomic E-state index is 0.0780. The Morgan fingerprint density at radius 1 is 0.727 bits per heavy atom. The van der Waals surface area contributed by atoms with Crippen molar-refractivity contribution in [2.45, 2.75) is 77.5 Å². The molecule has 192 valence electrons. The number of carbonyl (C=O) groups is 4. The fourth-order valence-corrected chi connectivity index (χ4v) is 4.08. The van der Waals surface area contributed by atoms with Gasteiger partial charge in [0.25, 0.3) is 0 Å². The molecule has 0 bridgehead atoms. The van der Waals surface area contributed by atoms with Crippen LogP contribution < -0.4 is 21.7 Å². The summed E-state index contributed by atoms with van der Waals surface area (Å²) in [7, 11) is 0. The molecular formula is C22H42N4O5S2. The summed E-state index contributed by atoms with van der Waals surface area (Å²) < 4.78 is 0. The lowest BCUT2D eigenvalue weighted by molar-refractivity contribution is -0.142. The highest BCUT2D eigenvalue weighted by Gasteiger charge is 2.30. The van der Waals surface area contributed by atoms with Crippen molar-refractivity contribution in [3.63, 3.8) is 0 Å². The first-order valence-electron chi connectivity index (χ1n) is 11.3. The second-order valence-corrected chi connectivity index (χ2v) is 10.9. The molecular weight excluding hydrogens is 464 g/mol. The third-order valence-corrected chi connectivity index (χ3v) is 6.16. The van der Waals surface area contributed by atoms with Crippen LogP contribution >= 0.6 is 23.5 Å². The highest BCUT2D eigenvalue weighted by atomic mass is 32.2. The van der Waals surface area contributed by atoms with Crippen molar-refractivity contribution in [3.05, 3.63) is 0 Å². The van der Waals surface area contributed by atoms with E-state index < -0.39 is 47.9 Å². The predicted octanol–water partition coefficient (Wildman–Crippen LogP) is 1.45. The SMILES string of the molecule is CSCCC(NC(=O)C(CC(C)C)NC(=O)C(CCSC)NC(=O)C(N)CC(C)C)C(=O)O. The van der Waals surface area contributed by atoms with E-state index in [1.54, 1.807) is 0 Å². The Balaban J connectivity index is 5.41. The number of hydrogen-bond acceptors (Lipinski definition) is 7. The minimum atomic E-state index is -1.11. The van der Waals surface area contributed by atoms with Crippen LogP contribution in [-0.2, 0) is 19.2 Å². The molecule has 4 atom stereocenters. The summed E-state index contributed by atoms with van der Waals surface area (Å²) in [6, 6.07) is -3.50. The summed E-state index contributed by atoms with van der Waals surface area (Å²) in [5, 5.41) is 17.4. The van der Waals surface area contributed by atoms with Crippen molar-refractivity contribution in [1.82, 2.24) is 16.0 Å². The Morgan fingerprint density at radius 2 is 1.15 bits per heavy atom. The average Bonchev–Trinajstić information content (AvgIpc) is 2.71. The number of carboxylic acid groups (broad SMARTS) is 1. The highest BCUT2D eigenvalue weighted by Crippen LogP contribution is 2.10. The van der Waals surface area contributed by atoms with Crippen molar-refractivity contribution < 1.29 is 24.3 Å². The molecule has 33 heavy (non-hydrogen) atoms. The van der Waals surface area contributed by atoms with E-state index in [-0.39, 0.29) is 18.3 Å². The Bertz CT molecular complexity index is 634. The average molecular weight is 507 g/mol. The van der Waals surface area contributed by atoms with E-state index in [9.17, 15) is 24.3 Å². The normalized spacial score (nSPS) is 14.9. The van der Waals surface area contributed by atoms with Gasteiger partial charge in [0.05, 0.1) is 6.04 Å². The maximum atomic E-state index is 13.0. The number of carbonyl (C=O) groups excluding carboxylic acids is 3. The topological polar surface area (TPSA) is 151 Å². The van der Waals surface area contributed by atoms with Gasteiger partial charge >= 0.3 is 5.97 Å². The van der Waals surface area contributed by atoms with Gasteiger partial charge in [0.1, 0.15) is 18.1 Å². The molecule has 0 aromatic rings. The molecule has 11 heteroatoms. The summed E-state index contributed by atoms with van der Waals surface area (Å²) >= 11 is 3.03. The van der Waals surface area contributed by atoms with Crippen molar-refractivity contribution in [1.29, 1.82) is 0 Å². The first-order chi connectivity index (χ1) is 15.4. The number of rotatable bonds is 17. The molecule has 0 aliphatic heterocycles. The first-order valence-corrected chi connectivity index (χ1v) is 14.1. The summed E-state index contributed by atoms with van der Waals surface area (Å²) in [5.74, 6) is -1.02. The molecule has 0 spiro atoms. The molecule has 0 radical (unpaired) electrons. The van der Waals surface area contributed by atoms with Crippen LogP contribution in [0.5, 0.6) is 0 Å². The largest absolute Gasteiger partial charge is 0.480 e. The third kappa shape index (κ3) is 13.7. The number of thioether (sulfide) groups is 2. The van der Waals surface area contributed by atoms with E-state index in [2.05, 4.69) is 16.0 Å². The molecule has 4 unspecified atom stereocenters. The zero-order valence-corrected chi connectivity index (χ0v) is 22.3. The molecule has 0 aromatic carbocycles. The Kier molecular flexibility index (Phi) is 16.3. The van der Waals surface area contributed by atoms with Gasteiger partial charge in [-0.2, -0.15) is 23.5 Å². The van der Waals surface area contributed by atoms with Crippen LogP contribution in [0.25, 0.3) is 0 Å². The zero-order valence-electron chi connectivity index (χ0n) is 20.7. The smallest absolute Gasteiger partial charge is 0.326 e. The standard InChI is InChI=1S/C22H42N4O5S2/c1-13(2)11-15(23)19(27)24-16(7-9-32-5)20(28)26-18(12-14(3)4)21(29)25-17(22(30)31)8-10-33-6/h13-18H,7-12,23H2,1-6H3,(H,24,27)(H,25,29)(H,26,28)(H,30,31). The Hall–Kier alpha value is -1.46. The minimum Gasteiger partial charge on any atom is -0.480 e. The molecule has 0 fully saturated rings. The lowest BCUT2D eigenvalue weighted by Gasteiger charge is -2.26. The molecule has 0 rings (SSSR count). The molecule has 0 aliphatic carbocycles. The van der Waals surface area contributed by atoms with E-state index in [0.29, 0.717) is 30.8 Å². The molecule has 0 heterocycles. The van der Waals surface area contributed by atoms with Gasteiger partial charge < -0.3 is 26.8 Å². The molecule has 0 aliphatic rings. The van der Waals surface area contributed by atoms with Crippen LogP contribution in [0, 0.1) is 11.8 Å². The molecule has 0 saturated carbocycles. The number of amides is 3. The summed E-state index contributed by atoms with van der Waals surface area (Å²) in [5.41, 5.74) is 5.96. The number of carboxylic acids is 1. The predicted molar refractivity (Wildman–Crippen MR) is 136 cm³/mol. The fraction of sp³-hybridized carbons (Fsp3) is 0.818. The van der Waals surface area contributed by atoms with Crippen molar-refractivity contribution in [2.75, 3.05) is 24.0 Å². The second kappa shape index (κ2) is 17.0. The monoisotopic (exact) mass is 506 g/mol. The van der Waals surface area contributed by atoms with Crippen LogP contribution in [0.15, 0.2) is 0 Å². The summed E-state index contributed by atoms with van der Waals surface area (Å²) in [6.07, 6.45) is 5.26. The third-order valence-electron chi connectivity index (χ3n) is 4.87. The summed E-state index contributed by atoms with van der Waals surface area (Å²) in [6.45, 7) is 7.74. The van der Waals surface area contributed by atoms with E-state index in [4.69, 9.17) is 5.73 Å². The fourth-order valence-electron chi connectivity index (χ4n) is 3.14. The van der Waals surface area contributed by atoms with E-state index in [1.807, 2.05) is 40.2 Å². The second-order valence-electron chi connectivity index (χ2n) is 8.95. The van der Waals surface area contributed by atoms with Gasteiger partial charge in [0, 0.05) is 0 Å². The molecule has 3 amide bonds. The van der Waals surface area contributed by atoms with Gasteiger partial charge in [0.2, 0.25) is 17.7 Å². The summed E-state index contributed by atoms with van der Waals surface area (Å²) in [4.78, 5) is 49.9. The first kappa shape index (κ1) is 31.5. The van der Waals surface area contributed by atoms with Crippen molar-refractivity contribution >= 4 is 47.2 Å².